The Bertz CT molecular complexity index is 533. The summed E-state index contributed by atoms with van der Waals surface area (Å²) < 4.78 is 0. The Morgan fingerprint density at radius 2 is 1.78 bits per heavy atom. The number of benzene rings is 2. The van der Waals surface area contributed by atoms with Gasteiger partial charge in [-0.15, -0.1) is 0 Å². The first-order valence-corrected chi connectivity index (χ1v) is 6.44. The molecule has 2 aromatic rings. The maximum absolute atomic E-state index is 9.08. The third-order valence-corrected chi connectivity index (χ3v) is 3.54. The van der Waals surface area contributed by atoms with Crippen molar-refractivity contribution in [3.8, 4) is 0 Å². The lowest BCUT2D eigenvalue weighted by Gasteiger charge is -2.31. The van der Waals surface area contributed by atoms with Crippen molar-refractivity contribution in [1.29, 1.82) is 0 Å². The van der Waals surface area contributed by atoms with Gasteiger partial charge in [0.05, 0.1) is 6.61 Å². The van der Waals surface area contributed by atoms with Crippen LogP contribution >= 0.6 is 0 Å². The van der Waals surface area contributed by atoms with Crippen LogP contribution in [0.1, 0.15) is 17.5 Å². The second kappa shape index (κ2) is 4.83. The number of hydrogen-bond acceptors (Lipinski definition) is 2. The molecule has 0 amide bonds. The molecule has 1 heterocycles. The van der Waals surface area contributed by atoms with Gasteiger partial charge in [0.25, 0.3) is 0 Å². The van der Waals surface area contributed by atoms with Gasteiger partial charge >= 0.3 is 0 Å². The van der Waals surface area contributed by atoms with Crippen LogP contribution in [0.5, 0.6) is 0 Å². The van der Waals surface area contributed by atoms with Crippen LogP contribution in [0.4, 0.5) is 11.4 Å². The molecule has 0 unspecified atom stereocenters. The van der Waals surface area contributed by atoms with Gasteiger partial charge in [-0.2, -0.15) is 0 Å². The first-order valence-electron chi connectivity index (χ1n) is 6.44. The van der Waals surface area contributed by atoms with Crippen molar-refractivity contribution >= 4 is 11.4 Å². The molecule has 0 atom stereocenters. The number of nitrogens with zero attached hydrogens (tertiary/aromatic N) is 1. The summed E-state index contributed by atoms with van der Waals surface area (Å²) in [4.78, 5) is 2.36. The second-order valence-corrected chi connectivity index (χ2v) is 4.71. The molecule has 0 saturated carbocycles. The fourth-order valence-corrected chi connectivity index (χ4v) is 2.58. The fourth-order valence-electron chi connectivity index (χ4n) is 2.58. The highest BCUT2D eigenvalue weighted by atomic mass is 16.3. The number of aryl methyl sites for hydroxylation is 1. The van der Waals surface area contributed by atoms with E-state index in [0.29, 0.717) is 0 Å². The monoisotopic (exact) mass is 239 g/mol. The minimum Gasteiger partial charge on any atom is -0.392 e. The standard InChI is InChI=1S/C16H17NO/c18-12-13-7-9-15(10-8-13)17-11-3-5-14-4-1-2-6-16(14)17/h1-2,4,6-10,18H,3,5,11-12H2. The number of rotatable bonds is 2. The van der Waals surface area contributed by atoms with Crippen LogP contribution in [0.2, 0.25) is 0 Å². The molecule has 0 bridgehead atoms. The minimum absolute atomic E-state index is 0.108. The van der Waals surface area contributed by atoms with E-state index in [9.17, 15) is 0 Å². The van der Waals surface area contributed by atoms with Crippen molar-refractivity contribution in [3.05, 3.63) is 59.7 Å². The molecule has 1 aliphatic heterocycles. The van der Waals surface area contributed by atoms with Gasteiger partial charge in [-0.3, -0.25) is 0 Å². The molecule has 0 aliphatic carbocycles. The number of fused-ring (bicyclic) bond motifs is 1. The average molecular weight is 239 g/mol. The Labute approximate surface area is 107 Å². The third-order valence-electron chi connectivity index (χ3n) is 3.54. The molecule has 92 valence electrons. The second-order valence-electron chi connectivity index (χ2n) is 4.71. The summed E-state index contributed by atoms with van der Waals surface area (Å²) in [7, 11) is 0. The van der Waals surface area contributed by atoms with Gasteiger partial charge in [0, 0.05) is 17.9 Å². The van der Waals surface area contributed by atoms with E-state index in [1.165, 1.54) is 29.8 Å². The maximum Gasteiger partial charge on any atom is 0.0681 e. The van der Waals surface area contributed by atoms with E-state index in [0.717, 1.165) is 12.1 Å². The van der Waals surface area contributed by atoms with Crippen LogP contribution in [-0.4, -0.2) is 11.7 Å². The highest BCUT2D eigenvalue weighted by Crippen LogP contribution is 2.33. The van der Waals surface area contributed by atoms with Crippen LogP contribution < -0.4 is 4.90 Å². The zero-order valence-corrected chi connectivity index (χ0v) is 10.3. The number of aliphatic hydroxyl groups excluding tert-OH is 1. The van der Waals surface area contributed by atoms with Gasteiger partial charge in [-0.25, -0.2) is 0 Å². The van der Waals surface area contributed by atoms with Gasteiger partial charge in [-0.05, 0) is 42.2 Å². The fraction of sp³-hybridized carbons (Fsp3) is 0.250. The largest absolute Gasteiger partial charge is 0.392 e. The molecule has 0 fully saturated rings. The van der Waals surface area contributed by atoms with Crippen molar-refractivity contribution < 1.29 is 5.11 Å². The molecule has 0 spiro atoms. The van der Waals surface area contributed by atoms with E-state index in [-0.39, 0.29) is 6.61 Å². The molecule has 2 aromatic carbocycles. The van der Waals surface area contributed by atoms with Crippen molar-refractivity contribution in [1.82, 2.24) is 0 Å². The normalized spacial score (nSPS) is 14.4. The summed E-state index contributed by atoms with van der Waals surface area (Å²) in [5.41, 5.74) is 4.92. The SMILES string of the molecule is OCc1ccc(N2CCCc3ccccc32)cc1. The lowest BCUT2D eigenvalue weighted by atomic mass is 10.0. The van der Waals surface area contributed by atoms with E-state index in [1.54, 1.807) is 0 Å². The van der Waals surface area contributed by atoms with E-state index in [2.05, 4.69) is 41.3 Å². The Balaban J connectivity index is 1.97. The quantitative estimate of drug-likeness (QED) is 0.869. The number of para-hydroxylation sites is 1. The van der Waals surface area contributed by atoms with Gasteiger partial charge in [0.1, 0.15) is 0 Å². The third kappa shape index (κ3) is 2.00. The van der Waals surface area contributed by atoms with Crippen LogP contribution in [0.15, 0.2) is 48.5 Å². The predicted molar refractivity (Wildman–Crippen MR) is 74.1 cm³/mol. The zero-order valence-electron chi connectivity index (χ0n) is 10.3. The zero-order chi connectivity index (χ0) is 12.4. The van der Waals surface area contributed by atoms with Crippen LogP contribution in [-0.2, 0) is 13.0 Å². The molecule has 2 nitrogen and oxygen atoms in total. The van der Waals surface area contributed by atoms with Crippen LogP contribution in [0.3, 0.4) is 0 Å². The van der Waals surface area contributed by atoms with Gasteiger partial charge in [0.2, 0.25) is 0 Å². The van der Waals surface area contributed by atoms with E-state index < -0.39 is 0 Å². The molecular weight excluding hydrogens is 222 g/mol. The molecule has 0 radical (unpaired) electrons. The predicted octanol–water partition coefficient (Wildman–Crippen LogP) is 3.26. The molecule has 18 heavy (non-hydrogen) atoms. The first-order chi connectivity index (χ1) is 8.88. The molecule has 2 heteroatoms. The first kappa shape index (κ1) is 11.3. The van der Waals surface area contributed by atoms with Gasteiger partial charge < -0.3 is 10.0 Å². The summed E-state index contributed by atoms with van der Waals surface area (Å²) in [5, 5.41) is 9.08. The lowest BCUT2D eigenvalue weighted by molar-refractivity contribution is 0.282. The summed E-state index contributed by atoms with van der Waals surface area (Å²) in [6.45, 7) is 1.17. The molecule has 0 saturated heterocycles. The molecule has 3 rings (SSSR count). The maximum atomic E-state index is 9.08. The summed E-state index contributed by atoms with van der Waals surface area (Å²) in [5.74, 6) is 0. The number of anilines is 2. The summed E-state index contributed by atoms with van der Waals surface area (Å²) >= 11 is 0. The van der Waals surface area contributed by atoms with Crippen molar-refractivity contribution in [2.75, 3.05) is 11.4 Å². The lowest BCUT2D eigenvalue weighted by Crippen LogP contribution is -2.24. The minimum atomic E-state index is 0.108. The average Bonchev–Trinajstić information content (AvgIpc) is 2.47. The van der Waals surface area contributed by atoms with Gasteiger partial charge in [0.15, 0.2) is 0 Å². The van der Waals surface area contributed by atoms with Crippen LogP contribution in [0.25, 0.3) is 0 Å². The Morgan fingerprint density at radius 3 is 2.56 bits per heavy atom. The Kier molecular flexibility index (Phi) is 3.03. The molecule has 1 N–H and O–H groups in total. The molecule has 1 aliphatic rings. The smallest absolute Gasteiger partial charge is 0.0681 e. The summed E-state index contributed by atoms with van der Waals surface area (Å²) in [6.07, 6.45) is 2.36. The van der Waals surface area contributed by atoms with Crippen molar-refractivity contribution in [2.45, 2.75) is 19.4 Å². The number of hydrogen-bond donors (Lipinski definition) is 1. The van der Waals surface area contributed by atoms with E-state index >= 15 is 0 Å². The Hall–Kier alpha value is -1.80. The van der Waals surface area contributed by atoms with E-state index in [1.807, 2.05) is 12.1 Å². The highest BCUT2D eigenvalue weighted by Gasteiger charge is 2.17. The summed E-state index contributed by atoms with van der Waals surface area (Å²) in [6, 6.07) is 16.8. The molecule has 0 aromatic heterocycles. The Morgan fingerprint density at radius 1 is 1.00 bits per heavy atom. The van der Waals surface area contributed by atoms with Gasteiger partial charge in [-0.1, -0.05) is 30.3 Å². The van der Waals surface area contributed by atoms with Crippen molar-refractivity contribution in [2.24, 2.45) is 0 Å². The van der Waals surface area contributed by atoms with E-state index in [4.69, 9.17) is 5.11 Å². The van der Waals surface area contributed by atoms with Crippen molar-refractivity contribution in [3.63, 3.8) is 0 Å². The molecular formula is C16H17NO. The topological polar surface area (TPSA) is 23.5 Å². The highest BCUT2D eigenvalue weighted by molar-refractivity contribution is 5.67. The number of aliphatic hydroxyl groups is 1. The van der Waals surface area contributed by atoms with Crippen LogP contribution in [0, 0.1) is 0 Å².